The van der Waals surface area contributed by atoms with E-state index < -0.39 is 22.7 Å². The Labute approximate surface area is 213 Å². The number of nitrogens with zero attached hydrogens (tertiary/aromatic N) is 1. The van der Waals surface area contributed by atoms with E-state index >= 15 is 0 Å². The summed E-state index contributed by atoms with van der Waals surface area (Å²) < 4.78 is 84.3. The van der Waals surface area contributed by atoms with Gasteiger partial charge in [-0.2, -0.15) is 0 Å². The van der Waals surface area contributed by atoms with E-state index in [1.54, 1.807) is 0 Å². The Hall–Kier alpha value is -0.663. The van der Waals surface area contributed by atoms with Crippen molar-refractivity contribution < 1.29 is 52.5 Å². The molecule has 0 saturated carbocycles. The number of halogens is 6. The summed E-state index contributed by atoms with van der Waals surface area (Å²) in [5.74, 6) is 0. The van der Waals surface area contributed by atoms with E-state index in [0.717, 1.165) is 43.4 Å². The van der Waals surface area contributed by atoms with Gasteiger partial charge in [-0.15, -0.1) is 0 Å². The molecule has 2 unspecified atom stereocenters. The predicted octanol–water partition coefficient (Wildman–Crippen LogP) is 7.85. The summed E-state index contributed by atoms with van der Waals surface area (Å²) in [5.41, 5.74) is -0.335. The number of rotatable bonds is 17. The zero-order chi connectivity index (χ0) is 28.7. The van der Waals surface area contributed by atoms with E-state index in [1.807, 2.05) is 13.8 Å². The summed E-state index contributed by atoms with van der Waals surface area (Å²) in [5, 5.41) is 3.03. The zero-order valence-electron chi connectivity index (χ0n) is 22.9. The number of quaternary nitrogens is 1. The van der Waals surface area contributed by atoms with Crippen LogP contribution in [-0.4, -0.2) is 70.7 Å². The van der Waals surface area contributed by atoms with Crippen molar-refractivity contribution in [1.29, 1.82) is 0 Å². The van der Waals surface area contributed by atoms with Gasteiger partial charge in [-0.1, -0.05) is 27.7 Å². The third-order valence-corrected chi connectivity index (χ3v) is 8.81. The molecule has 7 nitrogen and oxygen atoms in total. The van der Waals surface area contributed by atoms with Crippen molar-refractivity contribution in [3.63, 3.8) is 0 Å². The molecule has 0 aromatic heterocycles. The number of nitrogens with one attached hydrogen (secondary N) is 1. The minimum absolute atomic E-state index is 0.228. The molecule has 0 bridgehead atoms. The number of carbonyl (C=O) groups excluding carboxylic acids is 1. The van der Waals surface area contributed by atoms with Gasteiger partial charge < -0.3 is 23.3 Å². The summed E-state index contributed by atoms with van der Waals surface area (Å²) in [7, 11) is -13.7. The van der Waals surface area contributed by atoms with Gasteiger partial charge in [-0.05, 0) is 46.5 Å². The summed E-state index contributed by atoms with van der Waals surface area (Å²) >= 11 is 0. The summed E-state index contributed by atoms with van der Waals surface area (Å²) in [6.45, 7) is 20.9. The Balaban J connectivity index is 0. The molecule has 0 aromatic rings. The first kappa shape index (κ1) is 37.5. The van der Waals surface area contributed by atoms with Crippen molar-refractivity contribution in [2.75, 3.05) is 39.5 Å². The molecule has 1 N–H and O–H groups in total. The Bertz CT molecular complexity index is 586. The van der Waals surface area contributed by atoms with Gasteiger partial charge in [0.2, 0.25) is 6.23 Å². The number of alkyl carbamates (subject to hydrolysis) is 1. The maximum atomic E-state index is 12.8. The summed E-state index contributed by atoms with van der Waals surface area (Å²) in [6.07, 6.45) is 2.58. The molecule has 0 aliphatic carbocycles. The Morgan fingerprint density at radius 1 is 0.778 bits per heavy atom. The quantitative estimate of drug-likeness (QED) is 0.0624. The fourth-order valence-electron chi connectivity index (χ4n) is 3.49. The molecule has 0 rings (SSSR count). The van der Waals surface area contributed by atoms with Crippen LogP contribution >= 0.6 is 7.81 Å². The fraction of sp³-hybridized carbons (Fsp3) is 0.952. The molecule has 15 heteroatoms. The van der Waals surface area contributed by atoms with Crippen molar-refractivity contribution in [1.82, 2.24) is 5.32 Å². The van der Waals surface area contributed by atoms with Crippen molar-refractivity contribution in [3.8, 4) is 0 Å². The van der Waals surface area contributed by atoms with Crippen LogP contribution in [0.15, 0.2) is 0 Å². The number of amides is 1. The molecule has 0 fully saturated rings. The molecule has 0 spiro atoms. The van der Waals surface area contributed by atoms with Crippen molar-refractivity contribution in [2.24, 2.45) is 0 Å². The van der Waals surface area contributed by atoms with E-state index in [9.17, 15) is 30.0 Å². The predicted molar refractivity (Wildman–Crippen MR) is 133 cm³/mol. The average Bonchev–Trinajstić information content (AvgIpc) is 2.77. The van der Waals surface area contributed by atoms with Crippen LogP contribution in [0, 0.1) is 0 Å². The molecular formula is C21H47F6N2O5PSi. The normalized spacial score (nSPS) is 16.2. The number of carbonyl (C=O) groups is 1. The number of hydrogen-bond donors (Lipinski definition) is 1. The monoisotopic (exact) mass is 580 g/mol. The van der Waals surface area contributed by atoms with E-state index in [1.165, 1.54) is 0 Å². The van der Waals surface area contributed by atoms with Gasteiger partial charge in [0.05, 0.1) is 19.6 Å². The molecule has 1 amide bonds. The number of hydrogen-bond acceptors (Lipinski definition) is 5. The van der Waals surface area contributed by atoms with E-state index in [-0.39, 0.29) is 11.9 Å². The van der Waals surface area contributed by atoms with Crippen LogP contribution in [-0.2, 0) is 18.0 Å². The maximum absolute atomic E-state index is 12.8. The first-order valence-corrected chi connectivity index (χ1v) is 16.4. The molecular weight excluding hydrogens is 533 g/mol. The van der Waals surface area contributed by atoms with Crippen LogP contribution in [0.25, 0.3) is 0 Å². The molecule has 222 valence electrons. The molecule has 0 radical (unpaired) electrons. The fourth-order valence-corrected chi connectivity index (χ4v) is 6.60. The van der Waals surface area contributed by atoms with Crippen molar-refractivity contribution in [3.05, 3.63) is 0 Å². The Kier molecular flexibility index (Phi) is 15.7. The van der Waals surface area contributed by atoms with Crippen LogP contribution < -0.4 is 5.32 Å². The SMILES string of the molecule is CCCO[Si](OCCC)(OCCC)C(CC)NC(=O)OC(C)[N+](CC)(CC)CC.F[P-](F)(F)(F)(F)F. The average molecular weight is 581 g/mol. The van der Waals surface area contributed by atoms with Gasteiger partial charge in [0, 0.05) is 26.7 Å². The Morgan fingerprint density at radius 3 is 1.36 bits per heavy atom. The van der Waals surface area contributed by atoms with Gasteiger partial charge >= 0.3 is 47.9 Å². The molecule has 36 heavy (non-hydrogen) atoms. The van der Waals surface area contributed by atoms with Gasteiger partial charge in [0.25, 0.3) is 0 Å². The van der Waals surface area contributed by atoms with Crippen LogP contribution in [0.1, 0.15) is 81.1 Å². The third kappa shape index (κ3) is 17.0. The molecule has 2 atom stereocenters. The van der Waals surface area contributed by atoms with Gasteiger partial charge in [-0.3, -0.25) is 4.48 Å². The molecule has 0 aromatic carbocycles. The standard InChI is InChI=1S/C21H46N2O5Si.F6P/c1-9-16-25-29(26-17-10-2,27-18-11-3)20(12-4)22-21(24)28-19(8)23(13-5,14-6)15-7;1-7(2,3,4,5)6/h19-20H,9-18H2,1-8H3;/q;-1/p+1. The second-order valence-corrected chi connectivity index (χ2v) is 13.1. The van der Waals surface area contributed by atoms with Crippen molar-refractivity contribution >= 4 is 22.7 Å². The van der Waals surface area contributed by atoms with E-state index in [0.29, 0.717) is 26.2 Å². The van der Waals surface area contributed by atoms with Crippen LogP contribution in [0.4, 0.5) is 30.0 Å². The topological polar surface area (TPSA) is 66.0 Å². The van der Waals surface area contributed by atoms with Crippen molar-refractivity contribution in [2.45, 2.75) is 93.0 Å². The molecule has 0 aliphatic rings. The van der Waals surface area contributed by atoms with Gasteiger partial charge in [0.15, 0.2) is 0 Å². The Morgan fingerprint density at radius 2 is 1.11 bits per heavy atom. The second kappa shape index (κ2) is 15.1. The molecule has 0 aliphatic heterocycles. The van der Waals surface area contributed by atoms with E-state index in [2.05, 4.69) is 46.9 Å². The summed E-state index contributed by atoms with van der Waals surface area (Å²) in [6, 6.07) is 0. The first-order valence-electron chi connectivity index (χ1n) is 12.6. The van der Waals surface area contributed by atoms with Crippen LogP contribution in [0.3, 0.4) is 0 Å². The second-order valence-electron chi connectivity index (χ2n) is 8.38. The third-order valence-electron chi connectivity index (χ3n) is 5.59. The van der Waals surface area contributed by atoms with Gasteiger partial charge in [0.1, 0.15) is 5.67 Å². The molecule has 0 heterocycles. The van der Waals surface area contributed by atoms with E-state index in [4.69, 9.17) is 18.0 Å². The zero-order valence-corrected chi connectivity index (χ0v) is 24.8. The number of ether oxygens (including phenoxy) is 1. The van der Waals surface area contributed by atoms with Crippen LogP contribution in [0.2, 0.25) is 0 Å². The van der Waals surface area contributed by atoms with Gasteiger partial charge in [-0.25, -0.2) is 4.79 Å². The summed E-state index contributed by atoms with van der Waals surface area (Å²) in [4.78, 5) is 12.8. The molecule has 0 saturated heterocycles. The minimum atomic E-state index is -10.7. The first-order chi connectivity index (χ1) is 16.3. The van der Waals surface area contributed by atoms with Crippen LogP contribution in [0.5, 0.6) is 0 Å².